The molecule has 0 radical (unpaired) electrons. The van der Waals surface area contributed by atoms with Crippen LogP contribution in [0.5, 0.6) is 5.75 Å². The first-order chi connectivity index (χ1) is 12.6. The number of carbonyl (C=O) groups excluding carboxylic acids is 1. The molecule has 0 bridgehead atoms. The van der Waals surface area contributed by atoms with Gasteiger partial charge in [-0.2, -0.15) is 5.10 Å². The molecule has 2 aromatic rings. The van der Waals surface area contributed by atoms with E-state index in [2.05, 4.69) is 26.1 Å². The molecule has 0 aliphatic carbocycles. The minimum Gasteiger partial charge on any atom is -0.496 e. The number of amidine groups is 1. The van der Waals surface area contributed by atoms with E-state index in [0.717, 1.165) is 15.6 Å². The van der Waals surface area contributed by atoms with E-state index in [1.54, 1.807) is 18.2 Å². The Labute approximate surface area is 165 Å². The second-order valence-corrected chi connectivity index (χ2v) is 7.91. The molecule has 3 rings (SSSR count). The molecule has 0 spiro atoms. The molecular weight excluding hydrogens is 414 g/mol. The Balaban J connectivity index is 1.82. The van der Waals surface area contributed by atoms with E-state index in [0.29, 0.717) is 17.5 Å². The summed E-state index contributed by atoms with van der Waals surface area (Å²) in [5, 5.41) is 8.92. The van der Waals surface area contributed by atoms with Gasteiger partial charge in [0.15, 0.2) is 5.17 Å². The first-order valence-electron chi connectivity index (χ1n) is 8.05. The molecule has 5 nitrogen and oxygen atoms in total. The third kappa shape index (κ3) is 4.34. The van der Waals surface area contributed by atoms with E-state index in [9.17, 15) is 4.79 Å². The Hall–Kier alpha value is -2.12. The summed E-state index contributed by atoms with van der Waals surface area (Å²) in [6.45, 7) is 2.38. The average Bonchev–Trinajstić information content (AvgIpc) is 2.90. The number of rotatable bonds is 5. The van der Waals surface area contributed by atoms with Crippen LogP contribution in [0.15, 0.2) is 63.2 Å². The number of methoxy groups -OCH3 is 1. The highest BCUT2D eigenvalue weighted by molar-refractivity contribution is 9.10. The lowest BCUT2D eigenvalue weighted by atomic mass is 10.2. The van der Waals surface area contributed by atoms with Crippen molar-refractivity contribution in [2.45, 2.75) is 18.7 Å². The maximum Gasteiger partial charge on any atom is 0.242 e. The standard InChI is InChI=1S/C19H18BrN3O2S/c1-13-18(24)23(12-14-6-4-3-5-7-14)19(26-13)22-21-11-15-10-16(20)8-9-17(15)25-2/h3-11,13H,12H2,1-2H3. The van der Waals surface area contributed by atoms with Gasteiger partial charge in [0.05, 0.1) is 25.1 Å². The number of amides is 1. The van der Waals surface area contributed by atoms with Gasteiger partial charge in [0.1, 0.15) is 5.75 Å². The topological polar surface area (TPSA) is 54.3 Å². The summed E-state index contributed by atoms with van der Waals surface area (Å²) in [7, 11) is 1.61. The van der Waals surface area contributed by atoms with Crippen molar-refractivity contribution in [3.05, 3.63) is 64.1 Å². The molecule has 1 heterocycles. The number of hydrogen-bond acceptors (Lipinski definition) is 5. The summed E-state index contributed by atoms with van der Waals surface area (Å²) >= 11 is 4.86. The van der Waals surface area contributed by atoms with Gasteiger partial charge in [-0.05, 0) is 30.7 Å². The highest BCUT2D eigenvalue weighted by Gasteiger charge is 2.35. The van der Waals surface area contributed by atoms with Crippen LogP contribution in [0.4, 0.5) is 0 Å². The molecule has 0 aromatic heterocycles. The van der Waals surface area contributed by atoms with E-state index >= 15 is 0 Å². The monoisotopic (exact) mass is 431 g/mol. The Kier molecular flexibility index (Phi) is 6.11. The number of hydrogen-bond donors (Lipinski definition) is 0. The second-order valence-electron chi connectivity index (χ2n) is 5.68. The van der Waals surface area contributed by atoms with E-state index in [1.807, 2.05) is 55.5 Å². The minimum absolute atomic E-state index is 0.0489. The van der Waals surface area contributed by atoms with Crippen LogP contribution < -0.4 is 4.74 Å². The van der Waals surface area contributed by atoms with Crippen LogP contribution in [-0.2, 0) is 11.3 Å². The first-order valence-corrected chi connectivity index (χ1v) is 9.72. The SMILES string of the molecule is COc1ccc(Br)cc1C=NN=C1SC(C)C(=O)N1Cc1ccccc1. The van der Waals surface area contributed by atoms with Gasteiger partial charge >= 0.3 is 0 Å². The van der Waals surface area contributed by atoms with Crippen molar-refractivity contribution < 1.29 is 9.53 Å². The van der Waals surface area contributed by atoms with Gasteiger partial charge in [-0.3, -0.25) is 9.69 Å². The van der Waals surface area contributed by atoms with Crippen molar-refractivity contribution in [3.63, 3.8) is 0 Å². The summed E-state index contributed by atoms with van der Waals surface area (Å²) in [6, 6.07) is 15.5. The minimum atomic E-state index is -0.159. The zero-order valence-corrected chi connectivity index (χ0v) is 16.8. The van der Waals surface area contributed by atoms with Crippen LogP contribution in [0.3, 0.4) is 0 Å². The average molecular weight is 432 g/mol. The molecule has 134 valence electrons. The fourth-order valence-corrected chi connectivity index (χ4v) is 3.82. The Morgan fingerprint density at radius 3 is 2.77 bits per heavy atom. The van der Waals surface area contributed by atoms with E-state index in [1.165, 1.54) is 11.8 Å². The molecule has 2 aromatic carbocycles. The molecule has 1 aliphatic rings. The zero-order valence-electron chi connectivity index (χ0n) is 14.4. The zero-order chi connectivity index (χ0) is 18.5. The van der Waals surface area contributed by atoms with Crippen LogP contribution in [0.1, 0.15) is 18.1 Å². The van der Waals surface area contributed by atoms with Gasteiger partial charge < -0.3 is 4.74 Å². The smallest absolute Gasteiger partial charge is 0.242 e. The van der Waals surface area contributed by atoms with Crippen molar-refractivity contribution in [2.24, 2.45) is 10.2 Å². The lowest BCUT2D eigenvalue weighted by Gasteiger charge is -2.15. The Bertz CT molecular complexity index is 855. The second kappa shape index (κ2) is 8.51. The maximum absolute atomic E-state index is 12.4. The molecule has 1 aliphatic heterocycles. The molecular formula is C19H18BrN3O2S. The van der Waals surface area contributed by atoms with E-state index < -0.39 is 0 Å². The highest BCUT2D eigenvalue weighted by atomic mass is 79.9. The summed E-state index contributed by atoms with van der Waals surface area (Å²) in [5.74, 6) is 0.759. The summed E-state index contributed by atoms with van der Waals surface area (Å²) < 4.78 is 6.25. The van der Waals surface area contributed by atoms with Gasteiger partial charge in [-0.15, -0.1) is 5.10 Å². The highest BCUT2D eigenvalue weighted by Crippen LogP contribution is 2.28. The molecule has 0 saturated carbocycles. The van der Waals surface area contributed by atoms with Gasteiger partial charge in [0, 0.05) is 10.0 Å². The fraction of sp³-hybridized carbons (Fsp3) is 0.211. The first kappa shape index (κ1) is 18.7. The summed E-state index contributed by atoms with van der Waals surface area (Å²) in [4.78, 5) is 14.1. The van der Waals surface area contributed by atoms with Crippen LogP contribution in [-0.4, -0.2) is 34.5 Å². The van der Waals surface area contributed by atoms with Gasteiger partial charge in [0.2, 0.25) is 5.91 Å². The molecule has 7 heteroatoms. The fourth-order valence-electron chi connectivity index (χ4n) is 2.52. The molecule has 1 unspecified atom stereocenters. The van der Waals surface area contributed by atoms with Gasteiger partial charge in [-0.25, -0.2) is 0 Å². The molecule has 1 saturated heterocycles. The largest absolute Gasteiger partial charge is 0.496 e. The Morgan fingerprint density at radius 1 is 1.27 bits per heavy atom. The maximum atomic E-state index is 12.4. The van der Waals surface area contributed by atoms with E-state index in [-0.39, 0.29) is 11.2 Å². The molecule has 0 N–H and O–H groups in total. The summed E-state index contributed by atoms with van der Waals surface area (Å²) in [5.41, 5.74) is 1.86. The third-order valence-electron chi connectivity index (χ3n) is 3.84. The predicted octanol–water partition coefficient (Wildman–Crippen LogP) is 4.31. The predicted molar refractivity (Wildman–Crippen MR) is 110 cm³/mol. The lowest BCUT2D eigenvalue weighted by Crippen LogP contribution is -2.30. The molecule has 1 atom stereocenters. The van der Waals surface area contributed by atoms with Crippen molar-refractivity contribution in [1.82, 2.24) is 4.90 Å². The summed E-state index contributed by atoms with van der Waals surface area (Å²) in [6.07, 6.45) is 1.63. The molecule has 1 fully saturated rings. The molecule has 1 amide bonds. The number of ether oxygens (including phenoxy) is 1. The van der Waals surface area contributed by atoms with Crippen molar-refractivity contribution in [2.75, 3.05) is 7.11 Å². The number of nitrogens with zero attached hydrogens (tertiary/aromatic N) is 3. The van der Waals surface area contributed by atoms with Crippen LogP contribution in [0.2, 0.25) is 0 Å². The van der Waals surface area contributed by atoms with Crippen LogP contribution >= 0.6 is 27.7 Å². The van der Waals surface area contributed by atoms with Crippen LogP contribution in [0, 0.1) is 0 Å². The quantitative estimate of drug-likeness (QED) is 0.523. The van der Waals surface area contributed by atoms with Crippen molar-refractivity contribution in [1.29, 1.82) is 0 Å². The normalized spacial score (nSPS) is 18.9. The lowest BCUT2D eigenvalue weighted by molar-refractivity contribution is -0.126. The van der Waals surface area contributed by atoms with E-state index in [4.69, 9.17) is 4.74 Å². The molecule has 26 heavy (non-hydrogen) atoms. The van der Waals surface area contributed by atoms with Crippen molar-refractivity contribution >= 4 is 45.0 Å². The van der Waals surface area contributed by atoms with Crippen LogP contribution in [0.25, 0.3) is 0 Å². The Morgan fingerprint density at radius 2 is 2.04 bits per heavy atom. The third-order valence-corrected chi connectivity index (χ3v) is 5.40. The number of benzene rings is 2. The number of thioether (sulfide) groups is 1. The number of carbonyl (C=O) groups is 1. The van der Waals surface area contributed by atoms with Gasteiger partial charge in [-0.1, -0.05) is 58.0 Å². The van der Waals surface area contributed by atoms with Gasteiger partial charge in [0.25, 0.3) is 0 Å². The number of halogens is 1. The van der Waals surface area contributed by atoms with Crippen molar-refractivity contribution in [3.8, 4) is 5.75 Å².